The number of nitrogens with zero attached hydrogens (tertiary/aromatic N) is 1. The first kappa shape index (κ1) is 18.1. The van der Waals surface area contributed by atoms with Crippen LogP contribution in [0.1, 0.15) is 37.8 Å². The van der Waals surface area contributed by atoms with Crippen molar-refractivity contribution in [1.82, 2.24) is 0 Å². The van der Waals surface area contributed by atoms with Gasteiger partial charge < -0.3 is 10.2 Å². The molecule has 4 nitrogen and oxygen atoms in total. The smallest absolute Gasteiger partial charge is 0.232 e. The van der Waals surface area contributed by atoms with Crippen LogP contribution < -0.4 is 10.2 Å². The summed E-state index contributed by atoms with van der Waals surface area (Å²) < 4.78 is 13.2. The van der Waals surface area contributed by atoms with Gasteiger partial charge in [-0.25, -0.2) is 4.39 Å². The Morgan fingerprint density at radius 1 is 1.12 bits per heavy atom. The Hall–Kier alpha value is -2.69. The Labute approximate surface area is 153 Å². The molecule has 1 aliphatic heterocycles. The third-order valence-electron chi connectivity index (χ3n) is 4.81. The first-order valence-electron chi connectivity index (χ1n) is 8.84. The highest BCUT2D eigenvalue weighted by molar-refractivity contribution is 5.98. The van der Waals surface area contributed by atoms with E-state index in [1.54, 1.807) is 24.0 Å². The van der Waals surface area contributed by atoms with Crippen LogP contribution in [0.15, 0.2) is 42.5 Å². The summed E-state index contributed by atoms with van der Waals surface area (Å²) in [5.74, 6) is -0.784. The molecule has 0 saturated heterocycles. The predicted molar refractivity (Wildman–Crippen MR) is 101 cm³/mol. The summed E-state index contributed by atoms with van der Waals surface area (Å²) in [5.41, 5.74) is 3.41. The molecule has 0 saturated carbocycles. The Kier molecular flexibility index (Phi) is 5.07. The number of amides is 2. The van der Waals surface area contributed by atoms with Gasteiger partial charge in [-0.1, -0.05) is 32.0 Å². The molecule has 1 heterocycles. The fraction of sp³-hybridized carbons (Fsp3) is 0.333. The van der Waals surface area contributed by atoms with E-state index in [0.717, 1.165) is 23.2 Å². The van der Waals surface area contributed by atoms with Crippen molar-refractivity contribution >= 4 is 23.2 Å². The molecule has 1 unspecified atom stereocenters. The Morgan fingerprint density at radius 3 is 2.42 bits per heavy atom. The molecule has 0 bridgehead atoms. The lowest BCUT2D eigenvalue weighted by molar-refractivity contribution is -0.118. The van der Waals surface area contributed by atoms with Crippen LogP contribution in [0.5, 0.6) is 0 Å². The molecule has 2 aromatic rings. The van der Waals surface area contributed by atoms with Crippen LogP contribution in [0, 0.1) is 11.7 Å². The first-order valence-corrected chi connectivity index (χ1v) is 8.84. The van der Waals surface area contributed by atoms with Gasteiger partial charge in [0.1, 0.15) is 5.82 Å². The number of hydrogen-bond acceptors (Lipinski definition) is 2. The highest BCUT2D eigenvalue weighted by Crippen LogP contribution is 2.32. The lowest BCUT2D eigenvalue weighted by atomic mass is 9.87. The molecule has 0 aliphatic carbocycles. The quantitative estimate of drug-likeness (QED) is 0.898. The van der Waals surface area contributed by atoms with Gasteiger partial charge in [-0.05, 0) is 47.7 Å². The van der Waals surface area contributed by atoms with Crippen LogP contribution in [-0.2, 0) is 16.0 Å². The molecule has 1 aliphatic rings. The van der Waals surface area contributed by atoms with E-state index >= 15 is 0 Å². The maximum atomic E-state index is 13.2. The van der Waals surface area contributed by atoms with E-state index in [0.29, 0.717) is 12.2 Å². The lowest BCUT2D eigenvalue weighted by Crippen LogP contribution is -2.26. The number of anilines is 2. The number of carbonyl (C=O) groups is 2. The minimum atomic E-state index is -0.382. The molecule has 1 N–H and O–H groups in total. The molecular weight excluding hydrogens is 331 g/mol. The molecule has 3 rings (SSSR count). The summed E-state index contributed by atoms with van der Waals surface area (Å²) in [6.45, 7) is 6.15. The zero-order valence-corrected chi connectivity index (χ0v) is 15.3. The molecular formula is C21H23FN2O2. The molecule has 5 heteroatoms. The van der Waals surface area contributed by atoms with Gasteiger partial charge in [0.05, 0.1) is 5.92 Å². The van der Waals surface area contributed by atoms with E-state index < -0.39 is 0 Å². The van der Waals surface area contributed by atoms with Crippen molar-refractivity contribution in [3.63, 3.8) is 0 Å². The van der Waals surface area contributed by atoms with Gasteiger partial charge in [0.2, 0.25) is 11.8 Å². The van der Waals surface area contributed by atoms with E-state index in [1.165, 1.54) is 12.1 Å². The zero-order chi connectivity index (χ0) is 18.8. The molecule has 0 spiro atoms. The van der Waals surface area contributed by atoms with Crippen molar-refractivity contribution in [3.8, 4) is 0 Å². The van der Waals surface area contributed by atoms with Gasteiger partial charge in [0, 0.05) is 24.8 Å². The van der Waals surface area contributed by atoms with Crippen LogP contribution in [0.25, 0.3) is 0 Å². The summed E-state index contributed by atoms with van der Waals surface area (Å²) in [6, 6.07) is 11.7. The second-order valence-corrected chi connectivity index (χ2v) is 7.03. The van der Waals surface area contributed by atoms with Crippen LogP contribution in [0.2, 0.25) is 0 Å². The van der Waals surface area contributed by atoms with Crippen molar-refractivity contribution in [2.75, 3.05) is 16.8 Å². The molecule has 2 aromatic carbocycles. The third-order valence-corrected chi connectivity index (χ3v) is 4.81. The fourth-order valence-corrected chi connectivity index (χ4v) is 3.51. The highest BCUT2D eigenvalue weighted by atomic mass is 19.1. The van der Waals surface area contributed by atoms with E-state index in [9.17, 15) is 14.0 Å². The summed E-state index contributed by atoms with van der Waals surface area (Å²) in [7, 11) is 0. The SMILES string of the molecule is CC(=O)N1CCc2ccc(NC(=O)C(c3ccc(F)cc3)C(C)C)cc21. The largest absolute Gasteiger partial charge is 0.325 e. The van der Waals surface area contributed by atoms with Crippen molar-refractivity contribution in [2.24, 2.45) is 5.92 Å². The van der Waals surface area contributed by atoms with Crippen molar-refractivity contribution in [2.45, 2.75) is 33.1 Å². The van der Waals surface area contributed by atoms with Gasteiger partial charge in [-0.2, -0.15) is 0 Å². The number of benzene rings is 2. The summed E-state index contributed by atoms with van der Waals surface area (Å²) in [5, 5.41) is 2.95. The third kappa shape index (κ3) is 3.62. The monoisotopic (exact) mass is 354 g/mol. The summed E-state index contributed by atoms with van der Waals surface area (Å²) in [4.78, 5) is 26.4. The lowest BCUT2D eigenvalue weighted by Gasteiger charge is -2.21. The average Bonchev–Trinajstić information content (AvgIpc) is 3.00. The summed E-state index contributed by atoms with van der Waals surface area (Å²) in [6.07, 6.45) is 0.827. The molecule has 1 atom stereocenters. The van der Waals surface area contributed by atoms with Crippen molar-refractivity contribution in [3.05, 3.63) is 59.4 Å². The number of fused-ring (bicyclic) bond motifs is 1. The maximum Gasteiger partial charge on any atom is 0.232 e. The number of rotatable bonds is 4. The number of hydrogen-bond donors (Lipinski definition) is 1. The minimum Gasteiger partial charge on any atom is -0.325 e. The summed E-state index contributed by atoms with van der Waals surface area (Å²) >= 11 is 0. The number of nitrogens with one attached hydrogen (secondary N) is 1. The average molecular weight is 354 g/mol. The predicted octanol–water partition coefficient (Wildman–Crippen LogP) is 4.11. The second kappa shape index (κ2) is 7.28. The van der Waals surface area contributed by atoms with Crippen LogP contribution >= 0.6 is 0 Å². The zero-order valence-electron chi connectivity index (χ0n) is 15.3. The van der Waals surface area contributed by atoms with Crippen LogP contribution in [-0.4, -0.2) is 18.4 Å². The topological polar surface area (TPSA) is 49.4 Å². The van der Waals surface area contributed by atoms with Crippen LogP contribution in [0.3, 0.4) is 0 Å². The highest BCUT2D eigenvalue weighted by Gasteiger charge is 2.26. The standard InChI is InChI=1S/C21H23FN2O2/c1-13(2)20(16-4-7-17(22)8-5-16)21(26)23-18-9-6-15-10-11-24(14(3)25)19(15)12-18/h4-9,12-13,20H,10-11H2,1-3H3,(H,23,26). The molecule has 0 aromatic heterocycles. The normalized spacial score (nSPS) is 14.3. The Balaban J connectivity index is 1.83. The van der Waals surface area contributed by atoms with Gasteiger partial charge >= 0.3 is 0 Å². The fourth-order valence-electron chi connectivity index (χ4n) is 3.51. The van der Waals surface area contributed by atoms with Crippen molar-refractivity contribution < 1.29 is 14.0 Å². The Morgan fingerprint density at radius 2 is 1.81 bits per heavy atom. The molecule has 2 amide bonds. The van der Waals surface area contributed by atoms with Gasteiger partial charge in [0.25, 0.3) is 0 Å². The molecule has 136 valence electrons. The molecule has 26 heavy (non-hydrogen) atoms. The first-order chi connectivity index (χ1) is 12.4. The number of carbonyl (C=O) groups excluding carboxylic acids is 2. The van der Waals surface area contributed by atoms with E-state index in [4.69, 9.17) is 0 Å². The Bertz CT molecular complexity index is 830. The molecule has 0 fully saturated rings. The number of halogens is 1. The van der Waals surface area contributed by atoms with E-state index in [1.807, 2.05) is 32.0 Å². The van der Waals surface area contributed by atoms with Gasteiger partial charge in [0.15, 0.2) is 0 Å². The second-order valence-electron chi connectivity index (χ2n) is 7.03. The molecule has 0 radical (unpaired) electrons. The van der Waals surface area contributed by atoms with E-state index in [-0.39, 0.29) is 29.5 Å². The van der Waals surface area contributed by atoms with Crippen molar-refractivity contribution in [1.29, 1.82) is 0 Å². The van der Waals surface area contributed by atoms with E-state index in [2.05, 4.69) is 5.32 Å². The maximum absolute atomic E-state index is 13.2. The van der Waals surface area contributed by atoms with Gasteiger partial charge in [-0.3, -0.25) is 9.59 Å². The van der Waals surface area contributed by atoms with Crippen LogP contribution in [0.4, 0.5) is 15.8 Å². The minimum absolute atomic E-state index is 0.00130. The van der Waals surface area contributed by atoms with Gasteiger partial charge in [-0.15, -0.1) is 0 Å².